The normalized spacial score (nSPS) is 12.0. The van der Waals surface area contributed by atoms with Crippen LogP contribution in [-0.4, -0.2) is 51.0 Å². The quantitative estimate of drug-likeness (QED) is 0.391. The summed E-state index contributed by atoms with van der Waals surface area (Å²) in [6.45, 7) is 2.43. The van der Waals surface area contributed by atoms with Gasteiger partial charge >= 0.3 is 0 Å². The topological polar surface area (TPSA) is 86.8 Å². The third kappa shape index (κ3) is 7.92. The van der Waals surface area contributed by atoms with Gasteiger partial charge in [-0.25, -0.2) is 8.42 Å². The second-order valence-electron chi connectivity index (χ2n) is 9.04. The average molecular weight is 522 g/mol. The molecule has 0 aliphatic heterocycles. The maximum atomic E-state index is 13.7. The molecule has 37 heavy (non-hydrogen) atoms. The van der Waals surface area contributed by atoms with Gasteiger partial charge < -0.3 is 10.2 Å². The van der Waals surface area contributed by atoms with Gasteiger partial charge in [-0.2, -0.15) is 0 Å². The third-order valence-corrected chi connectivity index (χ3v) is 7.51. The van der Waals surface area contributed by atoms with Gasteiger partial charge in [0.25, 0.3) is 0 Å². The Kier molecular flexibility index (Phi) is 9.85. The number of nitrogens with one attached hydrogen (secondary N) is 1. The summed E-state index contributed by atoms with van der Waals surface area (Å²) in [6, 6.07) is 25.5. The second-order valence-corrected chi connectivity index (χ2v) is 10.9. The van der Waals surface area contributed by atoms with E-state index in [2.05, 4.69) is 5.32 Å². The Hall–Kier alpha value is -3.65. The first-order valence-corrected chi connectivity index (χ1v) is 14.2. The molecule has 0 saturated heterocycles. The summed E-state index contributed by atoms with van der Waals surface area (Å²) in [5.41, 5.74) is 3.50. The molecular weight excluding hydrogens is 486 g/mol. The summed E-state index contributed by atoms with van der Waals surface area (Å²) >= 11 is 0. The zero-order valence-electron chi connectivity index (χ0n) is 21.6. The summed E-state index contributed by atoms with van der Waals surface area (Å²) in [4.78, 5) is 28.3. The molecule has 7 nitrogen and oxygen atoms in total. The number of benzene rings is 3. The molecule has 1 N–H and O–H groups in total. The minimum absolute atomic E-state index is 0.104. The number of aryl methyl sites for hydroxylation is 1. The predicted octanol–water partition coefficient (Wildman–Crippen LogP) is 3.93. The van der Waals surface area contributed by atoms with Crippen LogP contribution >= 0.6 is 0 Å². The molecule has 0 bridgehead atoms. The summed E-state index contributed by atoms with van der Waals surface area (Å²) in [5, 5.41) is 2.72. The molecule has 0 aromatic heterocycles. The molecule has 3 rings (SSSR count). The Bertz CT molecular complexity index is 1280. The number of nitrogens with zero attached hydrogens (tertiary/aromatic N) is 2. The Morgan fingerprint density at radius 2 is 1.49 bits per heavy atom. The van der Waals surface area contributed by atoms with Crippen molar-refractivity contribution in [2.24, 2.45) is 0 Å². The van der Waals surface area contributed by atoms with Gasteiger partial charge in [0.1, 0.15) is 6.04 Å². The zero-order chi connectivity index (χ0) is 26.8. The summed E-state index contributed by atoms with van der Waals surface area (Å²) in [5.74, 6) is -0.442. The van der Waals surface area contributed by atoms with Gasteiger partial charge in [0.05, 0.1) is 11.9 Å². The number of carbonyl (C=O) groups is 2. The van der Waals surface area contributed by atoms with E-state index in [0.717, 1.165) is 22.9 Å². The highest BCUT2D eigenvalue weighted by atomic mass is 32.2. The largest absolute Gasteiger partial charge is 0.357 e. The number of rotatable bonds is 12. The Morgan fingerprint density at radius 1 is 0.892 bits per heavy atom. The maximum Gasteiger partial charge on any atom is 0.242 e. The SMILES string of the molecule is CNC(=O)[C@@H](Cc1ccccc1)N(Cc1ccccc1C)C(=O)CCCN(c1ccccc1)S(C)(=O)=O. The van der Waals surface area contributed by atoms with Crippen LogP contribution in [0.15, 0.2) is 84.9 Å². The van der Waals surface area contributed by atoms with E-state index in [1.807, 2.05) is 67.6 Å². The molecule has 0 heterocycles. The molecule has 0 fully saturated rings. The van der Waals surface area contributed by atoms with Gasteiger partial charge in [-0.15, -0.1) is 0 Å². The molecule has 8 heteroatoms. The lowest BCUT2D eigenvalue weighted by Gasteiger charge is -2.32. The van der Waals surface area contributed by atoms with Crippen LogP contribution in [0.5, 0.6) is 0 Å². The lowest BCUT2D eigenvalue weighted by atomic mass is 10.0. The predicted molar refractivity (Wildman–Crippen MR) is 148 cm³/mol. The van der Waals surface area contributed by atoms with Crippen molar-refractivity contribution in [1.29, 1.82) is 0 Å². The fourth-order valence-electron chi connectivity index (χ4n) is 4.29. The number of anilines is 1. The zero-order valence-corrected chi connectivity index (χ0v) is 22.4. The smallest absolute Gasteiger partial charge is 0.242 e. The van der Waals surface area contributed by atoms with Crippen LogP contribution in [0.3, 0.4) is 0 Å². The molecule has 0 radical (unpaired) electrons. The van der Waals surface area contributed by atoms with Crippen molar-refractivity contribution in [1.82, 2.24) is 10.2 Å². The maximum absolute atomic E-state index is 13.7. The number of likely N-dealkylation sites (N-methyl/N-ethyl adjacent to an activating group) is 1. The first kappa shape index (κ1) is 27.9. The Labute approximate surface area is 220 Å². The van der Waals surface area contributed by atoms with E-state index in [4.69, 9.17) is 0 Å². The molecule has 0 aliphatic carbocycles. The molecule has 3 aromatic carbocycles. The lowest BCUT2D eigenvalue weighted by molar-refractivity contribution is -0.141. The van der Waals surface area contributed by atoms with Gasteiger partial charge in [0.2, 0.25) is 21.8 Å². The number of hydrogen-bond acceptors (Lipinski definition) is 4. The van der Waals surface area contributed by atoms with E-state index < -0.39 is 16.1 Å². The Morgan fingerprint density at radius 3 is 2.08 bits per heavy atom. The summed E-state index contributed by atoms with van der Waals surface area (Å²) in [6.07, 6.45) is 1.95. The number of para-hydroxylation sites is 1. The minimum atomic E-state index is -3.52. The van der Waals surface area contributed by atoms with Crippen molar-refractivity contribution < 1.29 is 18.0 Å². The molecule has 0 spiro atoms. The van der Waals surface area contributed by atoms with E-state index >= 15 is 0 Å². The fraction of sp³-hybridized carbons (Fsp3) is 0.310. The van der Waals surface area contributed by atoms with Gasteiger partial charge in [-0.3, -0.25) is 13.9 Å². The van der Waals surface area contributed by atoms with E-state index in [1.54, 1.807) is 36.2 Å². The van der Waals surface area contributed by atoms with Crippen LogP contribution in [0.2, 0.25) is 0 Å². The van der Waals surface area contributed by atoms with Crippen LogP contribution in [-0.2, 0) is 32.6 Å². The van der Waals surface area contributed by atoms with Crippen molar-refractivity contribution in [3.05, 3.63) is 102 Å². The average Bonchev–Trinajstić information content (AvgIpc) is 2.89. The van der Waals surface area contributed by atoms with Gasteiger partial charge in [0.15, 0.2) is 0 Å². The first-order valence-electron chi connectivity index (χ1n) is 12.3. The van der Waals surface area contributed by atoms with Crippen LogP contribution in [0.4, 0.5) is 5.69 Å². The number of sulfonamides is 1. The molecule has 1 atom stereocenters. The van der Waals surface area contributed by atoms with Gasteiger partial charge in [-0.1, -0.05) is 72.8 Å². The van der Waals surface area contributed by atoms with Gasteiger partial charge in [-0.05, 0) is 42.2 Å². The summed E-state index contributed by atoms with van der Waals surface area (Å²) in [7, 11) is -1.95. The van der Waals surface area contributed by atoms with Crippen molar-refractivity contribution in [2.45, 2.75) is 38.8 Å². The molecule has 2 amide bonds. The molecule has 196 valence electrons. The standard InChI is InChI=1S/C29H35N3O4S/c1-23-13-10-11-16-25(23)22-31(27(29(34)30-2)21-24-14-6-4-7-15-24)28(33)19-12-20-32(37(3,35)36)26-17-8-5-9-18-26/h4-11,13-18,27H,12,19-22H2,1-3H3,(H,30,34)/t27-/m1/s1. The van der Waals surface area contributed by atoms with Crippen LogP contribution in [0.1, 0.15) is 29.5 Å². The van der Waals surface area contributed by atoms with Crippen LogP contribution in [0, 0.1) is 6.92 Å². The van der Waals surface area contributed by atoms with Crippen molar-refractivity contribution in [2.75, 3.05) is 24.2 Å². The first-order chi connectivity index (χ1) is 17.7. The molecule has 0 saturated carbocycles. The number of hydrogen-bond donors (Lipinski definition) is 1. The van der Waals surface area contributed by atoms with E-state index in [0.29, 0.717) is 18.5 Å². The van der Waals surface area contributed by atoms with Crippen molar-refractivity contribution in [3.63, 3.8) is 0 Å². The molecule has 3 aromatic rings. The molecular formula is C29H35N3O4S. The van der Waals surface area contributed by atoms with Crippen molar-refractivity contribution >= 4 is 27.5 Å². The fourth-order valence-corrected chi connectivity index (χ4v) is 5.26. The van der Waals surface area contributed by atoms with E-state index in [9.17, 15) is 18.0 Å². The van der Waals surface area contributed by atoms with E-state index in [1.165, 1.54) is 4.31 Å². The monoisotopic (exact) mass is 521 g/mol. The van der Waals surface area contributed by atoms with Crippen LogP contribution in [0.25, 0.3) is 0 Å². The highest BCUT2D eigenvalue weighted by Gasteiger charge is 2.30. The van der Waals surface area contributed by atoms with Crippen LogP contribution < -0.4 is 9.62 Å². The highest BCUT2D eigenvalue weighted by molar-refractivity contribution is 7.92. The second kappa shape index (κ2) is 13.1. The highest BCUT2D eigenvalue weighted by Crippen LogP contribution is 2.20. The molecule has 0 aliphatic rings. The third-order valence-electron chi connectivity index (χ3n) is 6.32. The number of amides is 2. The lowest BCUT2D eigenvalue weighted by Crippen LogP contribution is -2.50. The summed E-state index contributed by atoms with van der Waals surface area (Å²) < 4.78 is 26.2. The van der Waals surface area contributed by atoms with Gasteiger partial charge in [0, 0.05) is 33.0 Å². The Balaban J connectivity index is 1.84. The molecule has 0 unspecified atom stereocenters. The number of carbonyl (C=O) groups excluding carboxylic acids is 2. The van der Waals surface area contributed by atoms with Crippen molar-refractivity contribution in [3.8, 4) is 0 Å². The minimum Gasteiger partial charge on any atom is -0.357 e. The van der Waals surface area contributed by atoms with E-state index in [-0.39, 0.29) is 31.3 Å².